The minimum Gasteiger partial charge on any atom is -0.378 e. The summed E-state index contributed by atoms with van der Waals surface area (Å²) in [6.07, 6.45) is 3.89. The lowest BCUT2D eigenvalue weighted by atomic mass is 10.1. The van der Waals surface area contributed by atoms with E-state index in [1.807, 2.05) is 63.3 Å². The highest BCUT2D eigenvalue weighted by molar-refractivity contribution is 6.00. The first-order valence-electron chi connectivity index (χ1n) is 9.14. The van der Waals surface area contributed by atoms with Crippen LogP contribution in [0.15, 0.2) is 63.4 Å². The minimum absolute atomic E-state index is 0.0257. The summed E-state index contributed by atoms with van der Waals surface area (Å²) < 4.78 is 5.97. The number of nitrogens with zero attached hydrogens (tertiary/aromatic N) is 6. The van der Waals surface area contributed by atoms with Crippen molar-refractivity contribution in [1.29, 1.82) is 0 Å². The lowest BCUT2D eigenvalue weighted by Crippen LogP contribution is -2.20. The number of carbonyl (C=O) groups is 1. The molecule has 2 heterocycles. The summed E-state index contributed by atoms with van der Waals surface area (Å²) in [4.78, 5) is 12.8. The first-order chi connectivity index (χ1) is 14.4. The van der Waals surface area contributed by atoms with Gasteiger partial charge in [-0.2, -0.15) is 9.78 Å². The van der Waals surface area contributed by atoms with Gasteiger partial charge in [-0.15, -0.1) is 5.10 Å². The number of amides is 1. The summed E-state index contributed by atoms with van der Waals surface area (Å²) in [5.74, 6) is -0.360. The van der Waals surface area contributed by atoms with Gasteiger partial charge in [0.15, 0.2) is 5.69 Å². The molecule has 3 rings (SSSR count). The Morgan fingerprint density at radius 2 is 1.87 bits per heavy atom. The van der Waals surface area contributed by atoms with E-state index < -0.39 is 5.91 Å². The van der Waals surface area contributed by atoms with E-state index in [0.29, 0.717) is 17.0 Å². The fourth-order valence-electron chi connectivity index (χ4n) is 2.83. The Kier molecular flexibility index (Phi) is 6.16. The number of nitrogens with two attached hydrogens (primary N) is 1. The Morgan fingerprint density at radius 1 is 1.13 bits per heavy atom. The zero-order valence-corrected chi connectivity index (χ0v) is 17.1. The number of nitrogens with one attached hydrogen (secondary N) is 1. The van der Waals surface area contributed by atoms with Gasteiger partial charge in [-0.3, -0.25) is 4.79 Å². The second-order valence-corrected chi connectivity index (χ2v) is 6.84. The first-order valence-corrected chi connectivity index (χ1v) is 9.14. The van der Waals surface area contributed by atoms with Crippen LogP contribution in [0.3, 0.4) is 0 Å². The van der Waals surface area contributed by atoms with Crippen LogP contribution in [0, 0.1) is 0 Å². The van der Waals surface area contributed by atoms with Gasteiger partial charge in [0, 0.05) is 5.56 Å². The molecule has 0 saturated heterocycles. The highest BCUT2D eigenvalue weighted by Gasteiger charge is 2.25. The molecular weight excluding hydrogens is 384 g/mol. The Hall–Kier alpha value is -4.08. The number of nitrogen functional groups attached to an aromatic ring is 1. The highest BCUT2D eigenvalue weighted by Crippen LogP contribution is 2.26. The monoisotopic (exact) mass is 406 g/mol. The number of aromatic nitrogens is 5. The molecule has 3 N–H and O–H groups in total. The van der Waals surface area contributed by atoms with Crippen LogP contribution in [-0.2, 0) is 0 Å². The van der Waals surface area contributed by atoms with E-state index in [4.69, 9.17) is 5.73 Å². The normalized spacial score (nSPS) is 12.0. The van der Waals surface area contributed by atoms with Gasteiger partial charge >= 0.3 is 0 Å². The van der Waals surface area contributed by atoms with Crippen molar-refractivity contribution < 1.29 is 9.42 Å². The van der Waals surface area contributed by atoms with E-state index in [1.165, 1.54) is 10.3 Å². The standard InChI is InChI=1S/C20H22N8O2/c1-12(2)10-13(3)11-14(4)22-24-20(29)16-17(15-8-6-5-7-9-15)28(27-23-16)19-18(21)25-30-26-19/h5-11H,1-4H3,(H2,21,25)(H,24,29)/b13-11-,22-14?. The van der Waals surface area contributed by atoms with Crippen molar-refractivity contribution in [3.05, 3.63) is 59.3 Å². The van der Waals surface area contributed by atoms with Gasteiger partial charge in [-0.05, 0) is 49.7 Å². The number of allylic oxidation sites excluding steroid dienone is 4. The molecule has 0 unspecified atom stereocenters. The molecule has 2 aromatic heterocycles. The van der Waals surface area contributed by atoms with E-state index in [9.17, 15) is 4.79 Å². The van der Waals surface area contributed by atoms with Crippen LogP contribution in [0.25, 0.3) is 17.1 Å². The van der Waals surface area contributed by atoms with Crippen molar-refractivity contribution >= 4 is 17.4 Å². The van der Waals surface area contributed by atoms with Crippen LogP contribution >= 0.6 is 0 Å². The maximum atomic E-state index is 12.8. The molecule has 0 aliphatic carbocycles. The molecule has 0 fully saturated rings. The number of carbonyl (C=O) groups excluding carboxylic acids is 1. The third-order valence-corrected chi connectivity index (χ3v) is 3.92. The second-order valence-electron chi connectivity index (χ2n) is 6.84. The summed E-state index contributed by atoms with van der Waals surface area (Å²) in [6.45, 7) is 7.77. The van der Waals surface area contributed by atoms with Crippen LogP contribution in [0.4, 0.5) is 5.82 Å². The van der Waals surface area contributed by atoms with Crippen molar-refractivity contribution in [2.24, 2.45) is 5.10 Å². The van der Waals surface area contributed by atoms with E-state index in [0.717, 1.165) is 5.57 Å². The van der Waals surface area contributed by atoms with Crippen LogP contribution in [0.2, 0.25) is 0 Å². The van der Waals surface area contributed by atoms with Crippen molar-refractivity contribution in [2.75, 3.05) is 5.73 Å². The van der Waals surface area contributed by atoms with Crippen molar-refractivity contribution in [1.82, 2.24) is 30.7 Å². The molecule has 0 atom stereocenters. The maximum absolute atomic E-state index is 12.8. The average molecular weight is 406 g/mol. The van der Waals surface area contributed by atoms with Crippen molar-refractivity contribution in [3.63, 3.8) is 0 Å². The largest absolute Gasteiger partial charge is 0.378 e. The SMILES string of the molecule is CC(C)=C/C(C)=C\C(C)=NNC(=O)c1nnn(-c2nonc2N)c1-c1ccccc1. The summed E-state index contributed by atoms with van der Waals surface area (Å²) in [5, 5.41) is 19.5. The molecule has 0 saturated carbocycles. The van der Waals surface area contributed by atoms with Crippen LogP contribution in [0.5, 0.6) is 0 Å². The quantitative estimate of drug-likeness (QED) is 0.365. The summed E-state index contributed by atoms with van der Waals surface area (Å²) in [5.41, 5.74) is 12.3. The number of anilines is 1. The van der Waals surface area contributed by atoms with Crippen molar-refractivity contribution in [3.8, 4) is 17.1 Å². The number of hydrogen-bond donors (Lipinski definition) is 2. The molecule has 1 amide bonds. The van der Waals surface area contributed by atoms with E-state index in [1.54, 1.807) is 6.92 Å². The summed E-state index contributed by atoms with van der Waals surface area (Å²) in [7, 11) is 0. The second kappa shape index (κ2) is 8.95. The Balaban J connectivity index is 1.95. The molecule has 0 spiro atoms. The Bertz CT molecular complexity index is 1130. The molecule has 10 heteroatoms. The third-order valence-electron chi connectivity index (χ3n) is 3.92. The van der Waals surface area contributed by atoms with Crippen LogP contribution in [-0.4, -0.2) is 36.9 Å². The molecule has 0 aliphatic heterocycles. The van der Waals surface area contributed by atoms with E-state index in [2.05, 4.69) is 35.8 Å². The number of benzene rings is 1. The molecule has 10 nitrogen and oxygen atoms in total. The Labute approximate surface area is 173 Å². The predicted molar refractivity (Wildman–Crippen MR) is 113 cm³/mol. The predicted octanol–water partition coefficient (Wildman–Crippen LogP) is 2.92. The summed E-state index contributed by atoms with van der Waals surface area (Å²) in [6, 6.07) is 9.15. The first kappa shape index (κ1) is 20.6. The van der Waals surface area contributed by atoms with Crippen LogP contribution in [0.1, 0.15) is 38.2 Å². The van der Waals surface area contributed by atoms with E-state index >= 15 is 0 Å². The molecule has 30 heavy (non-hydrogen) atoms. The number of hydrazone groups is 1. The molecule has 0 radical (unpaired) electrons. The zero-order valence-electron chi connectivity index (χ0n) is 17.1. The van der Waals surface area contributed by atoms with Crippen LogP contribution < -0.4 is 11.2 Å². The fraction of sp³-hybridized carbons (Fsp3) is 0.200. The molecular formula is C20H22N8O2. The smallest absolute Gasteiger partial charge is 0.294 e. The molecule has 1 aromatic carbocycles. The summed E-state index contributed by atoms with van der Waals surface area (Å²) >= 11 is 0. The van der Waals surface area contributed by atoms with Gasteiger partial charge in [-0.25, -0.2) is 10.1 Å². The fourth-order valence-corrected chi connectivity index (χ4v) is 2.83. The van der Waals surface area contributed by atoms with Gasteiger partial charge in [0.2, 0.25) is 11.6 Å². The van der Waals surface area contributed by atoms with Gasteiger partial charge < -0.3 is 5.73 Å². The molecule has 154 valence electrons. The molecule has 0 aliphatic rings. The van der Waals surface area contributed by atoms with Crippen molar-refractivity contribution in [2.45, 2.75) is 27.7 Å². The average Bonchev–Trinajstić information content (AvgIpc) is 3.32. The minimum atomic E-state index is -0.525. The van der Waals surface area contributed by atoms with Gasteiger partial charge in [-0.1, -0.05) is 47.2 Å². The van der Waals surface area contributed by atoms with Gasteiger partial charge in [0.1, 0.15) is 5.69 Å². The molecule has 0 bridgehead atoms. The van der Waals surface area contributed by atoms with E-state index in [-0.39, 0.29) is 17.3 Å². The highest BCUT2D eigenvalue weighted by atomic mass is 16.6. The number of rotatable bonds is 6. The third kappa shape index (κ3) is 4.66. The lowest BCUT2D eigenvalue weighted by molar-refractivity contribution is 0.0950. The maximum Gasteiger partial charge on any atom is 0.294 e. The Morgan fingerprint density at radius 3 is 2.50 bits per heavy atom. The topological polar surface area (TPSA) is 137 Å². The lowest BCUT2D eigenvalue weighted by Gasteiger charge is -2.05. The van der Waals surface area contributed by atoms with Gasteiger partial charge in [0.05, 0.1) is 5.71 Å². The zero-order chi connectivity index (χ0) is 21.7. The van der Waals surface area contributed by atoms with Gasteiger partial charge in [0.25, 0.3) is 5.91 Å². The number of hydrogen-bond acceptors (Lipinski definition) is 8. The molecule has 3 aromatic rings.